The topological polar surface area (TPSA) is 49.3 Å². The van der Waals surface area contributed by atoms with Crippen molar-refractivity contribution in [2.75, 3.05) is 6.61 Å². The molecule has 0 bridgehead atoms. The van der Waals surface area contributed by atoms with Gasteiger partial charge in [-0.25, -0.2) is 0 Å². The van der Waals surface area contributed by atoms with E-state index in [0.29, 0.717) is 18.8 Å². The first-order chi connectivity index (χ1) is 15.7. The van der Waals surface area contributed by atoms with Crippen LogP contribution in [0.2, 0.25) is 0 Å². The monoisotopic (exact) mass is 440 g/mol. The van der Waals surface area contributed by atoms with E-state index in [4.69, 9.17) is 0 Å². The summed E-state index contributed by atoms with van der Waals surface area (Å²) < 4.78 is 0. The summed E-state index contributed by atoms with van der Waals surface area (Å²) in [5.41, 5.74) is 1.32. The van der Waals surface area contributed by atoms with Crippen LogP contribution < -0.4 is 5.32 Å². The van der Waals surface area contributed by atoms with Gasteiger partial charge in [0.1, 0.15) is 0 Å². The van der Waals surface area contributed by atoms with Gasteiger partial charge >= 0.3 is 0 Å². The van der Waals surface area contributed by atoms with Gasteiger partial charge in [0.15, 0.2) is 0 Å². The van der Waals surface area contributed by atoms with Crippen molar-refractivity contribution < 1.29 is 9.90 Å². The van der Waals surface area contributed by atoms with Crippen molar-refractivity contribution in [2.24, 2.45) is 0 Å². The Morgan fingerprint density at radius 3 is 1.84 bits per heavy atom. The largest absolute Gasteiger partial charge is 0.394 e. The molecule has 2 N–H and O–H groups in total. The van der Waals surface area contributed by atoms with Crippen LogP contribution in [0.25, 0.3) is 0 Å². The molecule has 1 saturated carbocycles. The molecule has 4 heteroatoms. The molecule has 0 saturated heterocycles. The molecule has 0 heterocycles. The van der Waals surface area contributed by atoms with E-state index in [2.05, 4.69) is 5.32 Å². The Labute approximate surface area is 195 Å². The standard InChI is InChI=1S/C28H26NO2S/c30-21-28(19-22-11-4-1-5-12-22,20-23-13-6-2-7-14-23)29-27(31)25-17-10-18-26(25)32-24-15-8-3-9-16-24/h1-18,30H,19-21H2,(H,29,31). The van der Waals surface area contributed by atoms with Crippen LogP contribution in [0.5, 0.6) is 0 Å². The second-order valence-electron chi connectivity index (χ2n) is 7.94. The smallest absolute Gasteiger partial charge is 0.229 e. The third-order valence-corrected chi connectivity index (χ3v) is 6.53. The van der Waals surface area contributed by atoms with E-state index < -0.39 is 5.54 Å². The summed E-state index contributed by atoms with van der Waals surface area (Å²) in [6.45, 7) is -0.162. The summed E-state index contributed by atoms with van der Waals surface area (Å²) >= 11 is 1.57. The number of carbonyl (C=O) groups excluding carboxylic acids is 1. The molecule has 1 aliphatic rings. The third-order valence-electron chi connectivity index (χ3n) is 5.44. The van der Waals surface area contributed by atoms with Gasteiger partial charge in [-0.1, -0.05) is 78.9 Å². The minimum atomic E-state index is -0.814. The molecule has 4 rings (SSSR count). The summed E-state index contributed by atoms with van der Waals surface area (Å²) in [4.78, 5) is 14.5. The van der Waals surface area contributed by atoms with Gasteiger partial charge < -0.3 is 10.4 Å². The van der Waals surface area contributed by atoms with Crippen molar-refractivity contribution in [2.45, 2.75) is 23.3 Å². The van der Waals surface area contributed by atoms with E-state index >= 15 is 0 Å². The zero-order valence-corrected chi connectivity index (χ0v) is 18.6. The number of benzene rings is 3. The molecule has 32 heavy (non-hydrogen) atoms. The van der Waals surface area contributed by atoms with E-state index in [1.807, 2.05) is 110 Å². The fourth-order valence-corrected chi connectivity index (χ4v) is 4.84. The maximum absolute atomic E-state index is 13.4. The molecule has 0 aliphatic heterocycles. The van der Waals surface area contributed by atoms with Crippen LogP contribution in [-0.4, -0.2) is 23.2 Å². The van der Waals surface area contributed by atoms with Crippen LogP contribution in [0.15, 0.2) is 95.9 Å². The van der Waals surface area contributed by atoms with Crippen LogP contribution >= 0.6 is 11.8 Å². The van der Waals surface area contributed by atoms with Crippen molar-refractivity contribution in [1.82, 2.24) is 5.32 Å². The van der Waals surface area contributed by atoms with Gasteiger partial charge in [-0.15, -0.1) is 11.8 Å². The van der Waals surface area contributed by atoms with Crippen LogP contribution in [0, 0.1) is 30.4 Å². The summed E-state index contributed by atoms with van der Waals surface area (Å²) in [6, 6.07) is 30.0. The summed E-state index contributed by atoms with van der Waals surface area (Å²) in [5.74, 6) is 0.451. The van der Waals surface area contributed by atoms with Gasteiger partial charge in [0.05, 0.1) is 23.3 Å². The lowest BCUT2D eigenvalue weighted by Gasteiger charge is -2.35. The number of nitrogens with one attached hydrogen (secondary N) is 1. The minimum Gasteiger partial charge on any atom is -0.394 e. The highest BCUT2D eigenvalue weighted by atomic mass is 32.2. The van der Waals surface area contributed by atoms with Gasteiger partial charge in [0.25, 0.3) is 0 Å². The van der Waals surface area contributed by atoms with Gasteiger partial charge in [0, 0.05) is 4.90 Å². The molecule has 1 aliphatic carbocycles. The minimum absolute atomic E-state index is 0.162. The number of hydrogen-bond acceptors (Lipinski definition) is 3. The molecule has 3 aromatic carbocycles. The number of carbonyl (C=O) groups is 1. The molecule has 0 atom stereocenters. The lowest BCUT2D eigenvalue weighted by Crippen LogP contribution is -2.56. The average Bonchev–Trinajstić information content (AvgIpc) is 3.29. The van der Waals surface area contributed by atoms with Crippen LogP contribution in [-0.2, 0) is 17.6 Å². The fraction of sp³-hybridized carbons (Fsp3) is 0.143. The predicted molar refractivity (Wildman–Crippen MR) is 130 cm³/mol. The first kappa shape index (κ1) is 22.6. The van der Waals surface area contributed by atoms with Crippen molar-refractivity contribution in [1.29, 1.82) is 0 Å². The Bertz CT molecular complexity index is 937. The van der Waals surface area contributed by atoms with Gasteiger partial charge in [-0.05, 0) is 55.4 Å². The molecule has 5 radical (unpaired) electrons. The van der Waals surface area contributed by atoms with E-state index in [1.165, 1.54) is 0 Å². The second kappa shape index (κ2) is 10.8. The number of thioether (sulfide) groups is 1. The quantitative estimate of drug-likeness (QED) is 0.500. The Kier molecular flexibility index (Phi) is 7.67. The highest BCUT2D eigenvalue weighted by Gasteiger charge is 2.40. The lowest BCUT2D eigenvalue weighted by molar-refractivity contribution is -0.121. The molecular formula is C28H26NO2S. The molecule has 3 nitrogen and oxygen atoms in total. The molecule has 3 aromatic rings. The molecule has 161 valence electrons. The second-order valence-corrected chi connectivity index (χ2v) is 9.05. The number of amides is 1. The Hall–Kier alpha value is -2.56. The first-order valence-electron chi connectivity index (χ1n) is 10.7. The number of aliphatic hydroxyl groups is 1. The summed E-state index contributed by atoms with van der Waals surface area (Å²) in [7, 11) is 0. The lowest BCUT2D eigenvalue weighted by atomic mass is 9.84. The number of rotatable bonds is 9. The Morgan fingerprint density at radius 2 is 1.31 bits per heavy atom. The normalized spacial score (nSPS) is 15.0. The summed E-state index contributed by atoms with van der Waals surface area (Å²) in [5, 5.41) is 14.6. The Balaban J connectivity index is 1.54. The van der Waals surface area contributed by atoms with Gasteiger partial charge in [-0.2, -0.15) is 0 Å². The van der Waals surface area contributed by atoms with E-state index in [-0.39, 0.29) is 12.5 Å². The van der Waals surface area contributed by atoms with E-state index in [1.54, 1.807) is 11.8 Å². The zero-order valence-electron chi connectivity index (χ0n) is 17.8. The van der Waals surface area contributed by atoms with Crippen molar-refractivity contribution >= 4 is 17.7 Å². The fourth-order valence-electron chi connectivity index (χ4n) is 3.88. The average molecular weight is 441 g/mol. The Morgan fingerprint density at radius 1 is 0.781 bits per heavy atom. The van der Waals surface area contributed by atoms with Crippen LogP contribution in [0.3, 0.4) is 0 Å². The molecule has 1 fully saturated rings. The summed E-state index contributed by atoms with van der Waals surface area (Å²) in [6.07, 6.45) is 6.77. The van der Waals surface area contributed by atoms with Gasteiger partial charge in [-0.3, -0.25) is 4.79 Å². The molecule has 1 amide bonds. The SMILES string of the molecule is O=C(NC(CO)(Cc1ccccc1)Cc1ccccc1)[C]1[CH][CH][CH][C]1Sc1ccccc1. The third kappa shape index (κ3) is 5.81. The maximum atomic E-state index is 13.4. The molecule has 0 spiro atoms. The highest BCUT2D eigenvalue weighted by Crippen LogP contribution is 2.45. The van der Waals surface area contributed by atoms with Crippen molar-refractivity contribution in [3.63, 3.8) is 0 Å². The molecular weight excluding hydrogens is 414 g/mol. The first-order valence-corrected chi connectivity index (χ1v) is 11.5. The van der Waals surface area contributed by atoms with Crippen LogP contribution in [0.1, 0.15) is 11.1 Å². The maximum Gasteiger partial charge on any atom is 0.229 e. The highest BCUT2D eigenvalue weighted by molar-refractivity contribution is 8.02. The molecule has 0 aromatic heterocycles. The van der Waals surface area contributed by atoms with Gasteiger partial charge in [0.2, 0.25) is 5.91 Å². The number of hydrogen-bond donors (Lipinski definition) is 2. The molecule has 0 unspecified atom stereocenters. The van der Waals surface area contributed by atoms with Crippen LogP contribution in [0.4, 0.5) is 0 Å². The number of aliphatic hydroxyl groups excluding tert-OH is 1. The van der Waals surface area contributed by atoms with Crippen molar-refractivity contribution in [3.05, 3.63) is 133 Å². The zero-order chi connectivity index (χ0) is 22.2. The van der Waals surface area contributed by atoms with E-state index in [0.717, 1.165) is 21.3 Å². The van der Waals surface area contributed by atoms with Crippen molar-refractivity contribution in [3.8, 4) is 0 Å². The van der Waals surface area contributed by atoms with E-state index in [9.17, 15) is 9.90 Å². The predicted octanol–water partition coefficient (Wildman–Crippen LogP) is 4.84.